The highest BCUT2D eigenvalue weighted by Gasteiger charge is 2.18. The van der Waals surface area contributed by atoms with E-state index in [0.717, 1.165) is 11.3 Å². The van der Waals surface area contributed by atoms with Crippen molar-refractivity contribution >= 4 is 17.3 Å². The molecule has 3 rings (SSSR count). The number of hydrogen-bond donors (Lipinski definition) is 1. The monoisotopic (exact) mass is 355 g/mol. The first-order valence-corrected chi connectivity index (χ1v) is 8.49. The van der Waals surface area contributed by atoms with E-state index in [1.54, 1.807) is 24.0 Å². The molecule has 7 nitrogen and oxygen atoms in total. The smallest absolute Gasteiger partial charge is 0.272 e. The van der Waals surface area contributed by atoms with Gasteiger partial charge in [-0.15, -0.1) is 0 Å². The summed E-state index contributed by atoms with van der Waals surface area (Å²) in [5.41, 5.74) is 3.15. The number of ether oxygens (including phenoxy) is 1. The summed E-state index contributed by atoms with van der Waals surface area (Å²) in [7, 11) is 0. The molecule has 1 heterocycles. The minimum atomic E-state index is -0.389. The van der Waals surface area contributed by atoms with Crippen LogP contribution in [0.2, 0.25) is 0 Å². The van der Waals surface area contributed by atoms with Crippen molar-refractivity contribution < 1.29 is 14.5 Å². The number of morpholine rings is 1. The number of anilines is 1. The van der Waals surface area contributed by atoms with Crippen LogP contribution in [-0.2, 0) is 11.3 Å². The van der Waals surface area contributed by atoms with Crippen LogP contribution in [0.4, 0.5) is 11.4 Å². The number of carbonyl (C=O) groups excluding carboxylic acids is 1. The zero-order valence-electron chi connectivity index (χ0n) is 14.6. The molecule has 1 amide bonds. The van der Waals surface area contributed by atoms with Crippen LogP contribution in [0, 0.1) is 17.0 Å². The number of amides is 1. The van der Waals surface area contributed by atoms with Gasteiger partial charge in [0.2, 0.25) is 0 Å². The Balaban J connectivity index is 1.66. The highest BCUT2D eigenvalue weighted by atomic mass is 16.6. The van der Waals surface area contributed by atoms with E-state index in [9.17, 15) is 14.9 Å². The Morgan fingerprint density at radius 2 is 2.00 bits per heavy atom. The van der Waals surface area contributed by atoms with E-state index in [2.05, 4.69) is 5.32 Å². The molecule has 26 heavy (non-hydrogen) atoms. The van der Waals surface area contributed by atoms with E-state index in [4.69, 9.17) is 4.74 Å². The SMILES string of the molecule is Cc1cc(NCc2cccc(C(=O)N3CCOCC3)c2)ccc1[N+](=O)[O-]. The molecule has 0 bridgehead atoms. The van der Waals surface area contributed by atoms with Crippen LogP contribution < -0.4 is 5.32 Å². The molecular weight excluding hydrogens is 334 g/mol. The van der Waals surface area contributed by atoms with Crippen LogP contribution in [0.1, 0.15) is 21.5 Å². The molecular formula is C19H21N3O4. The first-order chi connectivity index (χ1) is 12.5. The van der Waals surface area contributed by atoms with Crippen molar-refractivity contribution in [1.29, 1.82) is 0 Å². The van der Waals surface area contributed by atoms with Gasteiger partial charge in [0.1, 0.15) is 0 Å². The molecule has 0 aliphatic carbocycles. The van der Waals surface area contributed by atoms with Crippen LogP contribution >= 0.6 is 0 Å². The molecule has 0 radical (unpaired) electrons. The van der Waals surface area contributed by atoms with Gasteiger partial charge in [-0.2, -0.15) is 0 Å². The van der Waals surface area contributed by atoms with Crippen molar-refractivity contribution in [1.82, 2.24) is 4.90 Å². The average molecular weight is 355 g/mol. The van der Waals surface area contributed by atoms with Crippen LogP contribution in [0.25, 0.3) is 0 Å². The molecule has 7 heteroatoms. The number of hydrogen-bond acceptors (Lipinski definition) is 5. The standard InChI is InChI=1S/C19H21N3O4/c1-14-11-17(5-6-18(14)22(24)25)20-13-15-3-2-4-16(12-15)19(23)21-7-9-26-10-8-21/h2-6,11-12,20H,7-10,13H2,1H3. The van der Waals surface area contributed by atoms with Gasteiger partial charge < -0.3 is 15.0 Å². The van der Waals surface area contributed by atoms with Gasteiger partial charge in [-0.05, 0) is 36.8 Å². The molecule has 1 saturated heterocycles. The van der Waals surface area contributed by atoms with E-state index < -0.39 is 0 Å². The number of rotatable bonds is 5. The molecule has 0 spiro atoms. The van der Waals surface area contributed by atoms with Gasteiger partial charge in [0.15, 0.2) is 0 Å². The minimum absolute atomic E-state index is 0.0151. The van der Waals surface area contributed by atoms with Crippen molar-refractivity contribution in [3.8, 4) is 0 Å². The topological polar surface area (TPSA) is 84.7 Å². The summed E-state index contributed by atoms with van der Waals surface area (Å²) in [6, 6.07) is 12.4. The first-order valence-electron chi connectivity index (χ1n) is 8.49. The Labute approximate surface area is 151 Å². The highest BCUT2D eigenvalue weighted by Crippen LogP contribution is 2.22. The molecule has 2 aromatic rings. The summed E-state index contributed by atoms with van der Waals surface area (Å²) >= 11 is 0. The quantitative estimate of drug-likeness (QED) is 0.658. The molecule has 1 fully saturated rings. The third-order valence-electron chi connectivity index (χ3n) is 4.36. The van der Waals surface area contributed by atoms with Crippen LogP contribution in [0.3, 0.4) is 0 Å². The van der Waals surface area contributed by atoms with E-state index in [1.165, 1.54) is 6.07 Å². The summed E-state index contributed by atoms with van der Waals surface area (Å²) in [5.74, 6) is 0.0151. The number of benzene rings is 2. The van der Waals surface area contributed by atoms with Gasteiger partial charge in [-0.3, -0.25) is 14.9 Å². The second kappa shape index (κ2) is 7.97. The molecule has 136 valence electrons. The number of nitro benzene ring substituents is 1. The third-order valence-corrected chi connectivity index (χ3v) is 4.36. The summed E-state index contributed by atoms with van der Waals surface area (Å²) < 4.78 is 5.28. The predicted octanol–water partition coefficient (Wildman–Crippen LogP) is 2.99. The lowest BCUT2D eigenvalue weighted by atomic mass is 10.1. The molecule has 2 aromatic carbocycles. The lowest BCUT2D eigenvalue weighted by Crippen LogP contribution is -2.40. The van der Waals surface area contributed by atoms with Gasteiger partial charge in [0.25, 0.3) is 11.6 Å². The van der Waals surface area contributed by atoms with E-state index in [-0.39, 0.29) is 16.5 Å². The fraction of sp³-hybridized carbons (Fsp3) is 0.316. The summed E-state index contributed by atoms with van der Waals surface area (Å²) in [4.78, 5) is 24.9. The largest absolute Gasteiger partial charge is 0.381 e. The Morgan fingerprint density at radius 1 is 1.23 bits per heavy atom. The van der Waals surface area contributed by atoms with Gasteiger partial charge >= 0.3 is 0 Å². The molecule has 0 unspecified atom stereocenters. The lowest BCUT2D eigenvalue weighted by Gasteiger charge is -2.27. The maximum atomic E-state index is 12.6. The molecule has 0 aromatic heterocycles. The molecule has 1 aliphatic rings. The zero-order valence-corrected chi connectivity index (χ0v) is 14.6. The van der Waals surface area contributed by atoms with Crippen LogP contribution in [-0.4, -0.2) is 42.0 Å². The van der Waals surface area contributed by atoms with Crippen LogP contribution in [0.5, 0.6) is 0 Å². The van der Waals surface area contributed by atoms with E-state index in [0.29, 0.717) is 44.0 Å². The fourth-order valence-electron chi connectivity index (χ4n) is 2.94. The number of nitro groups is 1. The number of nitrogens with one attached hydrogen (secondary N) is 1. The second-order valence-corrected chi connectivity index (χ2v) is 6.22. The first kappa shape index (κ1) is 17.9. The van der Waals surface area contributed by atoms with Crippen molar-refractivity contribution in [2.24, 2.45) is 0 Å². The van der Waals surface area contributed by atoms with E-state index >= 15 is 0 Å². The van der Waals surface area contributed by atoms with Gasteiger partial charge in [-0.1, -0.05) is 12.1 Å². The van der Waals surface area contributed by atoms with Crippen molar-refractivity contribution in [2.45, 2.75) is 13.5 Å². The number of carbonyl (C=O) groups is 1. The van der Waals surface area contributed by atoms with Crippen molar-refractivity contribution in [2.75, 3.05) is 31.6 Å². The summed E-state index contributed by atoms with van der Waals surface area (Å²) in [6.07, 6.45) is 0. The molecule has 0 atom stereocenters. The molecule has 1 N–H and O–H groups in total. The lowest BCUT2D eigenvalue weighted by molar-refractivity contribution is -0.385. The Bertz CT molecular complexity index is 816. The molecule has 1 aliphatic heterocycles. The summed E-state index contributed by atoms with van der Waals surface area (Å²) in [5, 5.41) is 14.1. The van der Waals surface area contributed by atoms with Gasteiger partial charge in [0, 0.05) is 42.5 Å². The Hall–Kier alpha value is -2.93. The van der Waals surface area contributed by atoms with E-state index in [1.807, 2.05) is 24.3 Å². The number of nitrogens with zero attached hydrogens (tertiary/aromatic N) is 2. The fourth-order valence-corrected chi connectivity index (χ4v) is 2.94. The average Bonchev–Trinajstić information content (AvgIpc) is 2.66. The predicted molar refractivity (Wildman–Crippen MR) is 98.3 cm³/mol. The third kappa shape index (κ3) is 4.18. The van der Waals surface area contributed by atoms with Crippen molar-refractivity contribution in [3.63, 3.8) is 0 Å². The number of aryl methyl sites for hydroxylation is 1. The second-order valence-electron chi connectivity index (χ2n) is 6.22. The van der Waals surface area contributed by atoms with Gasteiger partial charge in [-0.25, -0.2) is 0 Å². The Kier molecular flexibility index (Phi) is 5.48. The van der Waals surface area contributed by atoms with Gasteiger partial charge in [0.05, 0.1) is 18.1 Å². The maximum absolute atomic E-state index is 12.6. The molecule has 0 saturated carbocycles. The Morgan fingerprint density at radius 3 is 2.69 bits per heavy atom. The van der Waals surface area contributed by atoms with Crippen molar-refractivity contribution in [3.05, 3.63) is 69.3 Å². The zero-order chi connectivity index (χ0) is 18.5. The maximum Gasteiger partial charge on any atom is 0.272 e. The normalized spacial score (nSPS) is 14.1. The minimum Gasteiger partial charge on any atom is -0.381 e. The highest BCUT2D eigenvalue weighted by molar-refractivity contribution is 5.94. The summed E-state index contributed by atoms with van der Waals surface area (Å²) in [6.45, 7) is 4.62. The van der Waals surface area contributed by atoms with Crippen LogP contribution in [0.15, 0.2) is 42.5 Å².